The first-order valence-electron chi connectivity index (χ1n) is 4.03. The summed E-state index contributed by atoms with van der Waals surface area (Å²) in [5, 5.41) is 17.0. The summed E-state index contributed by atoms with van der Waals surface area (Å²) in [6.07, 6.45) is 3.73. The van der Waals surface area contributed by atoms with E-state index >= 15 is 0 Å². The number of hydrogen-bond donors (Lipinski definition) is 2. The minimum absolute atomic E-state index is 0.518. The van der Waals surface area contributed by atoms with Crippen molar-refractivity contribution in [2.45, 2.75) is 39.4 Å². The van der Waals surface area contributed by atoms with E-state index in [1.54, 1.807) is 0 Å². The molecule has 0 aliphatic carbocycles. The first-order chi connectivity index (χ1) is 4.66. The zero-order chi connectivity index (χ0) is 7.98. The van der Waals surface area contributed by atoms with Crippen molar-refractivity contribution in [2.24, 2.45) is 5.92 Å². The highest BCUT2D eigenvalue weighted by Gasteiger charge is 2.06. The Morgan fingerprint density at radius 1 is 1.40 bits per heavy atom. The Kier molecular flexibility index (Phi) is 5.74. The van der Waals surface area contributed by atoms with Crippen molar-refractivity contribution >= 4 is 7.12 Å². The SMILES string of the molecule is CCC(C)CCCB(O)O. The van der Waals surface area contributed by atoms with E-state index in [9.17, 15) is 0 Å². The predicted molar refractivity (Wildman–Crippen MR) is 43.7 cm³/mol. The minimum Gasteiger partial charge on any atom is -0.427 e. The van der Waals surface area contributed by atoms with Crippen molar-refractivity contribution in [3.63, 3.8) is 0 Å². The van der Waals surface area contributed by atoms with Gasteiger partial charge in [0, 0.05) is 0 Å². The van der Waals surface area contributed by atoms with Gasteiger partial charge in [-0.15, -0.1) is 0 Å². The highest BCUT2D eigenvalue weighted by molar-refractivity contribution is 6.40. The first kappa shape index (κ1) is 9.98. The average molecular weight is 144 g/mol. The standard InChI is InChI=1S/C7H17BO2/c1-3-7(2)5-4-6-8(9)10/h7,9-10H,3-6H2,1-2H3. The number of rotatable bonds is 5. The summed E-state index contributed by atoms with van der Waals surface area (Å²) in [5.41, 5.74) is 0. The summed E-state index contributed by atoms with van der Waals surface area (Å²) in [7, 11) is -1.11. The molecule has 0 aromatic carbocycles. The van der Waals surface area contributed by atoms with Gasteiger partial charge < -0.3 is 10.0 Å². The fourth-order valence-corrected chi connectivity index (χ4v) is 0.853. The molecule has 0 fully saturated rings. The van der Waals surface area contributed by atoms with Crippen molar-refractivity contribution in [3.8, 4) is 0 Å². The van der Waals surface area contributed by atoms with Gasteiger partial charge in [-0.3, -0.25) is 0 Å². The van der Waals surface area contributed by atoms with Crippen LogP contribution >= 0.6 is 0 Å². The maximum atomic E-state index is 8.49. The molecule has 60 valence electrons. The molecule has 3 heteroatoms. The molecule has 0 aromatic heterocycles. The van der Waals surface area contributed by atoms with Gasteiger partial charge in [0.05, 0.1) is 0 Å². The molecule has 1 atom stereocenters. The molecule has 0 bridgehead atoms. The third-order valence-corrected chi connectivity index (χ3v) is 1.86. The van der Waals surface area contributed by atoms with Crippen LogP contribution in [0.3, 0.4) is 0 Å². The van der Waals surface area contributed by atoms with Gasteiger partial charge in [0.1, 0.15) is 0 Å². The lowest BCUT2D eigenvalue weighted by molar-refractivity contribution is 0.396. The van der Waals surface area contributed by atoms with E-state index in [-0.39, 0.29) is 0 Å². The molecule has 1 unspecified atom stereocenters. The van der Waals surface area contributed by atoms with Gasteiger partial charge >= 0.3 is 7.12 Å². The molecular formula is C7H17BO2. The lowest BCUT2D eigenvalue weighted by Gasteiger charge is -2.06. The Hall–Kier alpha value is -0.0151. The molecular weight excluding hydrogens is 127 g/mol. The summed E-state index contributed by atoms with van der Waals surface area (Å²) < 4.78 is 0. The van der Waals surface area contributed by atoms with E-state index < -0.39 is 7.12 Å². The molecule has 0 aliphatic heterocycles. The van der Waals surface area contributed by atoms with Gasteiger partial charge in [-0.25, -0.2) is 0 Å². The van der Waals surface area contributed by atoms with Crippen LogP contribution in [-0.2, 0) is 0 Å². The van der Waals surface area contributed by atoms with Crippen molar-refractivity contribution < 1.29 is 10.0 Å². The summed E-state index contributed by atoms with van der Waals surface area (Å²) in [4.78, 5) is 0. The van der Waals surface area contributed by atoms with Gasteiger partial charge in [0.2, 0.25) is 0 Å². The van der Waals surface area contributed by atoms with Crippen LogP contribution in [0.5, 0.6) is 0 Å². The van der Waals surface area contributed by atoms with Crippen molar-refractivity contribution in [3.05, 3.63) is 0 Å². The van der Waals surface area contributed by atoms with Crippen molar-refractivity contribution in [1.82, 2.24) is 0 Å². The van der Waals surface area contributed by atoms with Gasteiger partial charge in [-0.2, -0.15) is 0 Å². The molecule has 2 nitrogen and oxygen atoms in total. The van der Waals surface area contributed by atoms with E-state index in [1.807, 2.05) is 0 Å². The van der Waals surface area contributed by atoms with Gasteiger partial charge in [-0.05, 0) is 12.2 Å². The van der Waals surface area contributed by atoms with E-state index in [0.717, 1.165) is 18.8 Å². The van der Waals surface area contributed by atoms with Crippen LogP contribution in [0.25, 0.3) is 0 Å². The smallest absolute Gasteiger partial charge is 0.427 e. The largest absolute Gasteiger partial charge is 0.451 e. The van der Waals surface area contributed by atoms with Crippen molar-refractivity contribution in [2.75, 3.05) is 0 Å². The van der Waals surface area contributed by atoms with Crippen LogP contribution in [-0.4, -0.2) is 17.2 Å². The van der Waals surface area contributed by atoms with Gasteiger partial charge in [0.25, 0.3) is 0 Å². The Morgan fingerprint density at radius 2 is 2.00 bits per heavy atom. The van der Waals surface area contributed by atoms with E-state index in [1.165, 1.54) is 6.42 Å². The fraction of sp³-hybridized carbons (Fsp3) is 1.00. The maximum absolute atomic E-state index is 8.49. The quantitative estimate of drug-likeness (QED) is 0.570. The average Bonchev–Trinajstić information content (AvgIpc) is 1.87. The van der Waals surface area contributed by atoms with Crippen LogP contribution in [0.15, 0.2) is 0 Å². The highest BCUT2D eigenvalue weighted by atomic mass is 16.4. The third-order valence-electron chi connectivity index (χ3n) is 1.86. The highest BCUT2D eigenvalue weighted by Crippen LogP contribution is 2.11. The topological polar surface area (TPSA) is 40.5 Å². The van der Waals surface area contributed by atoms with Crippen LogP contribution in [0.1, 0.15) is 33.1 Å². The molecule has 10 heavy (non-hydrogen) atoms. The first-order valence-corrected chi connectivity index (χ1v) is 4.03. The molecule has 0 saturated heterocycles. The molecule has 0 rings (SSSR count). The molecule has 0 heterocycles. The molecule has 0 aliphatic rings. The Morgan fingerprint density at radius 3 is 2.40 bits per heavy atom. The summed E-state index contributed by atoms with van der Waals surface area (Å²) in [6.45, 7) is 4.34. The second kappa shape index (κ2) is 5.75. The summed E-state index contributed by atoms with van der Waals surface area (Å²) in [6, 6.07) is 0. The van der Waals surface area contributed by atoms with Crippen LogP contribution in [0.4, 0.5) is 0 Å². The van der Waals surface area contributed by atoms with Crippen LogP contribution < -0.4 is 0 Å². The predicted octanol–water partition coefficient (Wildman–Crippen LogP) is 1.29. The lowest BCUT2D eigenvalue weighted by atomic mass is 9.82. The van der Waals surface area contributed by atoms with Crippen LogP contribution in [0, 0.1) is 5.92 Å². The lowest BCUT2D eigenvalue weighted by Crippen LogP contribution is -2.10. The second-order valence-corrected chi connectivity index (χ2v) is 2.92. The Balaban J connectivity index is 3.03. The maximum Gasteiger partial charge on any atom is 0.451 e. The zero-order valence-electron chi connectivity index (χ0n) is 6.88. The Labute approximate surface area is 63.4 Å². The molecule has 0 radical (unpaired) electrons. The van der Waals surface area contributed by atoms with E-state index in [2.05, 4.69) is 13.8 Å². The molecule has 0 amide bonds. The van der Waals surface area contributed by atoms with Gasteiger partial charge in [-0.1, -0.05) is 33.1 Å². The molecule has 0 saturated carbocycles. The monoisotopic (exact) mass is 144 g/mol. The molecule has 0 spiro atoms. The van der Waals surface area contributed by atoms with Crippen LogP contribution in [0.2, 0.25) is 6.32 Å². The summed E-state index contributed by atoms with van der Waals surface area (Å²) in [5.74, 6) is 0.721. The van der Waals surface area contributed by atoms with Crippen molar-refractivity contribution in [1.29, 1.82) is 0 Å². The third kappa shape index (κ3) is 6.11. The molecule has 2 N–H and O–H groups in total. The normalized spacial score (nSPS) is 13.2. The second-order valence-electron chi connectivity index (χ2n) is 2.92. The number of hydrogen-bond acceptors (Lipinski definition) is 2. The van der Waals surface area contributed by atoms with E-state index in [4.69, 9.17) is 10.0 Å². The molecule has 0 aromatic rings. The Bertz CT molecular complexity index is 76.0. The summed E-state index contributed by atoms with van der Waals surface area (Å²) >= 11 is 0. The van der Waals surface area contributed by atoms with Gasteiger partial charge in [0.15, 0.2) is 0 Å². The zero-order valence-corrected chi connectivity index (χ0v) is 6.88. The fourth-order valence-electron chi connectivity index (χ4n) is 0.853. The van der Waals surface area contributed by atoms with E-state index in [0.29, 0.717) is 6.32 Å². The minimum atomic E-state index is -1.11.